The number of ether oxygens (including phenoxy) is 1. The van der Waals surface area contributed by atoms with Gasteiger partial charge in [-0.15, -0.1) is 0 Å². The maximum Gasteiger partial charge on any atom is 0.223 e. The van der Waals surface area contributed by atoms with Gasteiger partial charge in [-0.3, -0.25) is 0 Å². The molecule has 1 heterocycles. The molecule has 0 fully saturated rings. The summed E-state index contributed by atoms with van der Waals surface area (Å²) in [5, 5.41) is 3.23. The van der Waals surface area contributed by atoms with Gasteiger partial charge in [0.1, 0.15) is 11.6 Å². The lowest BCUT2D eigenvalue weighted by Crippen LogP contribution is -2.12. The van der Waals surface area contributed by atoms with E-state index < -0.39 is 5.82 Å². The molecule has 0 bridgehead atoms. The van der Waals surface area contributed by atoms with E-state index in [4.69, 9.17) is 16.3 Å². The highest BCUT2D eigenvalue weighted by Gasteiger charge is 2.09. The Labute approximate surface area is 130 Å². The highest BCUT2D eigenvalue weighted by Crippen LogP contribution is 2.28. The lowest BCUT2D eigenvalue weighted by atomic mass is 10.2. The third-order valence-electron chi connectivity index (χ3n) is 2.56. The van der Waals surface area contributed by atoms with Crippen LogP contribution in [-0.2, 0) is 6.54 Å². The molecule has 106 valence electrons. The summed E-state index contributed by atoms with van der Waals surface area (Å²) in [5.41, 5.74) is 0.904. The SMILES string of the molecule is CCNCc1cc(Br)cnc1Oc1ccc(F)c(Cl)c1. The van der Waals surface area contributed by atoms with E-state index in [0.717, 1.165) is 16.6 Å². The van der Waals surface area contributed by atoms with Crippen molar-refractivity contribution in [3.8, 4) is 11.6 Å². The molecule has 0 spiro atoms. The van der Waals surface area contributed by atoms with Crippen molar-refractivity contribution in [2.75, 3.05) is 6.54 Å². The Bertz CT molecular complexity index is 610. The van der Waals surface area contributed by atoms with Gasteiger partial charge in [-0.25, -0.2) is 9.37 Å². The first-order valence-corrected chi connectivity index (χ1v) is 7.25. The molecule has 0 aliphatic carbocycles. The smallest absolute Gasteiger partial charge is 0.223 e. The van der Waals surface area contributed by atoms with Crippen molar-refractivity contribution in [1.82, 2.24) is 10.3 Å². The van der Waals surface area contributed by atoms with Crippen molar-refractivity contribution >= 4 is 27.5 Å². The van der Waals surface area contributed by atoms with Gasteiger partial charge < -0.3 is 10.1 Å². The van der Waals surface area contributed by atoms with Crippen LogP contribution in [-0.4, -0.2) is 11.5 Å². The van der Waals surface area contributed by atoms with E-state index in [9.17, 15) is 4.39 Å². The molecule has 20 heavy (non-hydrogen) atoms. The summed E-state index contributed by atoms with van der Waals surface area (Å²) >= 11 is 9.11. The van der Waals surface area contributed by atoms with E-state index >= 15 is 0 Å². The first-order chi connectivity index (χ1) is 9.60. The summed E-state index contributed by atoms with van der Waals surface area (Å²) < 4.78 is 19.7. The first kappa shape index (κ1) is 15.2. The molecule has 1 aromatic carbocycles. The fourth-order valence-electron chi connectivity index (χ4n) is 1.60. The minimum atomic E-state index is -0.476. The van der Waals surface area contributed by atoms with Crippen molar-refractivity contribution in [3.05, 3.63) is 51.3 Å². The summed E-state index contributed by atoms with van der Waals surface area (Å²) in [6, 6.07) is 6.14. The second-order valence-electron chi connectivity index (χ2n) is 4.08. The van der Waals surface area contributed by atoms with E-state index in [0.29, 0.717) is 18.2 Å². The van der Waals surface area contributed by atoms with Crippen LogP contribution in [0.3, 0.4) is 0 Å². The Balaban J connectivity index is 2.25. The van der Waals surface area contributed by atoms with Crippen LogP contribution in [0, 0.1) is 5.82 Å². The molecule has 1 aromatic heterocycles. The zero-order valence-corrected chi connectivity index (χ0v) is 13.1. The average Bonchev–Trinajstić information content (AvgIpc) is 2.43. The number of nitrogens with zero attached hydrogens (tertiary/aromatic N) is 1. The Hall–Kier alpha value is -1.17. The third-order valence-corrected chi connectivity index (χ3v) is 3.29. The molecule has 0 saturated carbocycles. The van der Waals surface area contributed by atoms with Gasteiger partial charge in [-0.1, -0.05) is 18.5 Å². The van der Waals surface area contributed by atoms with Gasteiger partial charge in [0.25, 0.3) is 0 Å². The lowest BCUT2D eigenvalue weighted by Gasteiger charge is -2.11. The minimum Gasteiger partial charge on any atom is -0.439 e. The molecule has 0 saturated heterocycles. The summed E-state index contributed by atoms with van der Waals surface area (Å²) in [4.78, 5) is 4.23. The van der Waals surface area contributed by atoms with Gasteiger partial charge >= 0.3 is 0 Å². The van der Waals surface area contributed by atoms with Crippen LogP contribution >= 0.6 is 27.5 Å². The van der Waals surface area contributed by atoms with Crippen LogP contribution < -0.4 is 10.1 Å². The quantitative estimate of drug-likeness (QED) is 0.851. The van der Waals surface area contributed by atoms with Gasteiger partial charge in [0.2, 0.25) is 5.88 Å². The van der Waals surface area contributed by atoms with E-state index in [1.54, 1.807) is 6.20 Å². The third kappa shape index (κ3) is 3.91. The average molecular weight is 360 g/mol. The summed E-state index contributed by atoms with van der Waals surface area (Å²) in [7, 11) is 0. The van der Waals surface area contributed by atoms with Crippen molar-refractivity contribution in [3.63, 3.8) is 0 Å². The number of rotatable bonds is 5. The number of benzene rings is 1. The summed E-state index contributed by atoms with van der Waals surface area (Å²) in [5.74, 6) is 0.441. The number of hydrogen-bond donors (Lipinski definition) is 1. The fourth-order valence-corrected chi connectivity index (χ4v) is 2.15. The largest absolute Gasteiger partial charge is 0.439 e. The number of aromatic nitrogens is 1. The Morgan fingerprint density at radius 1 is 1.40 bits per heavy atom. The normalized spacial score (nSPS) is 10.6. The molecular weight excluding hydrogens is 347 g/mol. The maximum atomic E-state index is 13.1. The predicted octanol–water partition coefficient (Wildman–Crippen LogP) is 4.54. The minimum absolute atomic E-state index is 0.0212. The molecule has 0 atom stereocenters. The zero-order chi connectivity index (χ0) is 14.5. The van der Waals surface area contributed by atoms with E-state index in [1.165, 1.54) is 18.2 Å². The standard InChI is InChI=1S/C14H13BrClFN2O/c1-2-18-7-9-5-10(15)8-19-14(9)20-11-3-4-13(17)12(16)6-11/h3-6,8,18H,2,7H2,1H3. The summed E-state index contributed by atoms with van der Waals surface area (Å²) in [6.07, 6.45) is 1.65. The molecule has 0 unspecified atom stereocenters. The second-order valence-corrected chi connectivity index (χ2v) is 5.40. The fraction of sp³-hybridized carbons (Fsp3) is 0.214. The van der Waals surface area contributed by atoms with E-state index in [-0.39, 0.29) is 5.02 Å². The molecule has 2 rings (SSSR count). The van der Waals surface area contributed by atoms with Gasteiger partial charge in [0.15, 0.2) is 0 Å². The molecule has 6 heteroatoms. The van der Waals surface area contributed by atoms with Crippen molar-refractivity contribution in [2.45, 2.75) is 13.5 Å². The monoisotopic (exact) mass is 358 g/mol. The Kier molecular flexibility index (Phi) is 5.34. The van der Waals surface area contributed by atoms with Gasteiger partial charge in [-0.2, -0.15) is 0 Å². The molecule has 0 amide bonds. The molecule has 0 radical (unpaired) electrons. The number of pyridine rings is 1. The number of halogens is 3. The first-order valence-electron chi connectivity index (χ1n) is 6.08. The van der Waals surface area contributed by atoms with Crippen LogP contribution in [0.15, 0.2) is 34.9 Å². The maximum absolute atomic E-state index is 13.1. The second kappa shape index (κ2) is 7.02. The Morgan fingerprint density at radius 3 is 2.90 bits per heavy atom. The van der Waals surface area contributed by atoms with Crippen LogP contribution in [0.4, 0.5) is 4.39 Å². The van der Waals surface area contributed by atoms with E-state index in [1.807, 2.05) is 13.0 Å². The van der Waals surface area contributed by atoms with Crippen LogP contribution in [0.5, 0.6) is 11.6 Å². The van der Waals surface area contributed by atoms with Gasteiger partial charge in [-0.05, 0) is 40.7 Å². The van der Waals surface area contributed by atoms with Crippen molar-refractivity contribution < 1.29 is 9.13 Å². The van der Waals surface area contributed by atoms with Gasteiger partial charge in [0.05, 0.1) is 5.02 Å². The van der Waals surface area contributed by atoms with Gasteiger partial charge in [0, 0.05) is 28.8 Å². The zero-order valence-electron chi connectivity index (χ0n) is 10.8. The van der Waals surface area contributed by atoms with Crippen LogP contribution in [0.2, 0.25) is 5.02 Å². The number of hydrogen-bond acceptors (Lipinski definition) is 3. The highest BCUT2D eigenvalue weighted by molar-refractivity contribution is 9.10. The molecule has 0 aliphatic rings. The molecular formula is C14H13BrClFN2O. The topological polar surface area (TPSA) is 34.2 Å². The highest BCUT2D eigenvalue weighted by atomic mass is 79.9. The lowest BCUT2D eigenvalue weighted by molar-refractivity contribution is 0.451. The van der Waals surface area contributed by atoms with Crippen LogP contribution in [0.1, 0.15) is 12.5 Å². The molecule has 0 aliphatic heterocycles. The van der Waals surface area contributed by atoms with Crippen molar-refractivity contribution in [2.24, 2.45) is 0 Å². The van der Waals surface area contributed by atoms with E-state index in [2.05, 4.69) is 26.2 Å². The van der Waals surface area contributed by atoms with Crippen LogP contribution in [0.25, 0.3) is 0 Å². The number of nitrogens with one attached hydrogen (secondary N) is 1. The predicted molar refractivity (Wildman–Crippen MR) is 80.8 cm³/mol. The summed E-state index contributed by atoms with van der Waals surface area (Å²) in [6.45, 7) is 3.49. The Morgan fingerprint density at radius 2 is 2.20 bits per heavy atom. The molecule has 3 nitrogen and oxygen atoms in total. The molecule has 1 N–H and O–H groups in total. The molecule has 2 aromatic rings. The van der Waals surface area contributed by atoms with Crippen molar-refractivity contribution in [1.29, 1.82) is 0 Å².